The van der Waals surface area contributed by atoms with Gasteiger partial charge in [0.1, 0.15) is 11.5 Å². The molecule has 4 heteroatoms. The highest BCUT2D eigenvalue weighted by molar-refractivity contribution is 6.28. The molecule has 0 saturated carbocycles. The number of allylic oxidation sites excluding steroid dienone is 2. The molecule has 4 rings (SSSR count). The second-order valence-electron chi connectivity index (χ2n) is 6.73. The molecule has 0 aliphatic heterocycles. The number of hydrogen-bond donors (Lipinski definition) is 0. The van der Waals surface area contributed by atoms with Crippen molar-refractivity contribution in [3.05, 3.63) is 76.4 Å². The molecule has 4 nitrogen and oxygen atoms in total. The lowest BCUT2D eigenvalue weighted by Gasteiger charge is -2.30. The zero-order valence-corrected chi connectivity index (χ0v) is 14.5. The molecule has 0 fully saturated rings. The molecule has 2 aliphatic rings. The standard InChI is InChI=1S/C22H18O4/c1-26-19-9-5-2-6-13(19)10-14-11-15(23)12-18-20(14)22(25)17-8-4-3-7-16(17)21(18)24/h2-9,14H,10-12H2,1H3. The van der Waals surface area contributed by atoms with Crippen molar-refractivity contribution in [1.29, 1.82) is 0 Å². The SMILES string of the molecule is COc1ccccc1CC1CC(=O)CC2=C1C(=O)c1ccccc1C2=O. The maximum Gasteiger partial charge on any atom is 0.190 e. The predicted octanol–water partition coefficient (Wildman–Crippen LogP) is 3.59. The van der Waals surface area contributed by atoms with E-state index in [1.54, 1.807) is 31.4 Å². The highest BCUT2D eigenvalue weighted by Crippen LogP contribution is 2.39. The molecule has 1 atom stereocenters. The number of hydrogen-bond acceptors (Lipinski definition) is 4. The van der Waals surface area contributed by atoms with E-state index in [-0.39, 0.29) is 36.1 Å². The topological polar surface area (TPSA) is 60.4 Å². The maximum atomic E-state index is 13.1. The Kier molecular flexibility index (Phi) is 4.03. The van der Waals surface area contributed by atoms with Crippen molar-refractivity contribution in [3.8, 4) is 5.75 Å². The van der Waals surface area contributed by atoms with Crippen LogP contribution in [0, 0.1) is 5.92 Å². The zero-order valence-electron chi connectivity index (χ0n) is 14.5. The van der Waals surface area contributed by atoms with Crippen LogP contribution in [0.3, 0.4) is 0 Å². The fourth-order valence-electron chi connectivity index (χ4n) is 4.01. The average molecular weight is 346 g/mol. The minimum atomic E-state index is -0.299. The van der Waals surface area contributed by atoms with Crippen LogP contribution < -0.4 is 4.74 Å². The second kappa shape index (κ2) is 6.37. The van der Waals surface area contributed by atoms with Crippen LogP contribution >= 0.6 is 0 Å². The minimum Gasteiger partial charge on any atom is -0.496 e. The summed E-state index contributed by atoms with van der Waals surface area (Å²) in [6.07, 6.45) is 0.824. The number of carbonyl (C=O) groups excluding carboxylic acids is 3. The number of ether oxygens (including phenoxy) is 1. The molecular formula is C22H18O4. The van der Waals surface area contributed by atoms with Crippen molar-refractivity contribution in [3.63, 3.8) is 0 Å². The molecule has 2 aromatic rings. The molecule has 0 N–H and O–H groups in total. The molecule has 0 heterocycles. The van der Waals surface area contributed by atoms with E-state index >= 15 is 0 Å². The number of benzene rings is 2. The first-order chi connectivity index (χ1) is 12.6. The molecule has 0 amide bonds. The third kappa shape index (κ3) is 2.58. The Morgan fingerprint density at radius 2 is 1.58 bits per heavy atom. The molecular weight excluding hydrogens is 328 g/mol. The molecule has 2 aliphatic carbocycles. The van der Waals surface area contributed by atoms with Crippen LogP contribution in [0.2, 0.25) is 0 Å². The molecule has 2 aromatic carbocycles. The first-order valence-electron chi connectivity index (χ1n) is 8.65. The summed E-state index contributed by atoms with van der Waals surface area (Å²) in [5, 5.41) is 0. The Labute approximate surface area is 151 Å². The molecule has 0 bridgehead atoms. The van der Waals surface area contributed by atoms with Gasteiger partial charge in [-0.05, 0) is 24.0 Å². The lowest BCUT2D eigenvalue weighted by atomic mass is 9.70. The van der Waals surface area contributed by atoms with Gasteiger partial charge < -0.3 is 4.74 Å². The Balaban J connectivity index is 1.79. The number of carbonyl (C=O) groups is 3. The summed E-state index contributed by atoms with van der Waals surface area (Å²) in [4.78, 5) is 38.3. The first kappa shape index (κ1) is 16.5. The summed E-state index contributed by atoms with van der Waals surface area (Å²) in [5.74, 6) is 0.120. The Bertz CT molecular complexity index is 968. The third-order valence-electron chi connectivity index (χ3n) is 5.18. The van der Waals surface area contributed by atoms with Gasteiger partial charge >= 0.3 is 0 Å². The molecule has 0 aromatic heterocycles. The van der Waals surface area contributed by atoms with Crippen molar-refractivity contribution in [1.82, 2.24) is 0 Å². The highest BCUT2D eigenvalue weighted by atomic mass is 16.5. The normalized spacial score (nSPS) is 19.3. The Morgan fingerprint density at radius 3 is 2.31 bits per heavy atom. The van der Waals surface area contributed by atoms with Crippen molar-refractivity contribution in [2.24, 2.45) is 5.92 Å². The summed E-state index contributed by atoms with van der Waals surface area (Å²) < 4.78 is 5.40. The van der Waals surface area contributed by atoms with Gasteiger partial charge in [0.25, 0.3) is 0 Å². The van der Waals surface area contributed by atoms with Crippen molar-refractivity contribution < 1.29 is 19.1 Å². The van der Waals surface area contributed by atoms with Gasteiger partial charge in [-0.25, -0.2) is 0 Å². The molecule has 0 spiro atoms. The van der Waals surface area contributed by atoms with Gasteiger partial charge in [0.15, 0.2) is 11.6 Å². The number of fused-ring (bicyclic) bond motifs is 1. The lowest BCUT2D eigenvalue weighted by Crippen LogP contribution is -2.33. The number of Topliss-reactive ketones (excluding diaryl/α,β-unsaturated/α-hetero) is 3. The van der Waals surface area contributed by atoms with Crippen LogP contribution in [0.4, 0.5) is 0 Å². The zero-order chi connectivity index (χ0) is 18.3. The largest absolute Gasteiger partial charge is 0.496 e. The molecule has 130 valence electrons. The minimum absolute atomic E-state index is 0.00387. The molecule has 0 radical (unpaired) electrons. The fourth-order valence-corrected chi connectivity index (χ4v) is 4.01. The van der Waals surface area contributed by atoms with E-state index in [0.717, 1.165) is 11.3 Å². The van der Waals surface area contributed by atoms with Gasteiger partial charge in [-0.1, -0.05) is 42.5 Å². The van der Waals surface area contributed by atoms with Gasteiger partial charge in [0.2, 0.25) is 0 Å². The van der Waals surface area contributed by atoms with Gasteiger partial charge in [-0.3, -0.25) is 14.4 Å². The quantitative estimate of drug-likeness (QED) is 0.852. The van der Waals surface area contributed by atoms with Crippen LogP contribution in [-0.4, -0.2) is 24.5 Å². The van der Waals surface area contributed by atoms with Crippen LogP contribution in [0.15, 0.2) is 59.7 Å². The van der Waals surface area contributed by atoms with E-state index < -0.39 is 0 Å². The van der Waals surface area contributed by atoms with Crippen LogP contribution in [0.25, 0.3) is 0 Å². The first-order valence-corrected chi connectivity index (χ1v) is 8.65. The molecule has 26 heavy (non-hydrogen) atoms. The van der Waals surface area contributed by atoms with E-state index in [2.05, 4.69) is 0 Å². The summed E-state index contributed by atoms with van der Waals surface area (Å²) >= 11 is 0. The van der Waals surface area contributed by atoms with E-state index in [1.165, 1.54) is 0 Å². The van der Waals surface area contributed by atoms with Gasteiger partial charge in [0.05, 0.1) is 7.11 Å². The fraction of sp³-hybridized carbons (Fsp3) is 0.227. The summed E-state index contributed by atoms with van der Waals surface area (Å²) in [6.45, 7) is 0. The number of ketones is 3. The maximum absolute atomic E-state index is 13.1. The van der Waals surface area contributed by atoms with Crippen LogP contribution in [0.1, 0.15) is 39.1 Å². The second-order valence-corrected chi connectivity index (χ2v) is 6.73. The van der Waals surface area contributed by atoms with Crippen molar-refractivity contribution >= 4 is 17.3 Å². The van der Waals surface area contributed by atoms with E-state index in [4.69, 9.17) is 4.74 Å². The van der Waals surface area contributed by atoms with E-state index in [1.807, 2.05) is 24.3 Å². The summed E-state index contributed by atoms with van der Waals surface area (Å²) in [6, 6.07) is 14.4. The van der Waals surface area contributed by atoms with Crippen LogP contribution in [-0.2, 0) is 11.2 Å². The average Bonchev–Trinajstić information content (AvgIpc) is 2.66. The van der Waals surface area contributed by atoms with Gasteiger partial charge in [-0.15, -0.1) is 0 Å². The third-order valence-corrected chi connectivity index (χ3v) is 5.18. The van der Waals surface area contributed by atoms with Crippen molar-refractivity contribution in [2.75, 3.05) is 7.11 Å². The summed E-state index contributed by atoms with van der Waals surface area (Å²) in [7, 11) is 1.60. The van der Waals surface area contributed by atoms with Crippen molar-refractivity contribution in [2.45, 2.75) is 19.3 Å². The van der Waals surface area contributed by atoms with Crippen LogP contribution in [0.5, 0.6) is 5.75 Å². The highest BCUT2D eigenvalue weighted by Gasteiger charge is 2.40. The summed E-state index contributed by atoms with van der Waals surface area (Å²) in [5.41, 5.74) is 2.67. The smallest absolute Gasteiger partial charge is 0.190 e. The number of methoxy groups -OCH3 is 1. The lowest BCUT2D eigenvalue weighted by molar-refractivity contribution is -0.119. The monoisotopic (exact) mass is 346 g/mol. The molecule has 1 unspecified atom stereocenters. The predicted molar refractivity (Wildman–Crippen MR) is 96.6 cm³/mol. The van der Waals surface area contributed by atoms with Gasteiger partial charge in [0, 0.05) is 35.1 Å². The number of para-hydroxylation sites is 1. The van der Waals surface area contributed by atoms with Gasteiger partial charge in [-0.2, -0.15) is 0 Å². The van der Waals surface area contributed by atoms with E-state index in [0.29, 0.717) is 28.7 Å². The number of rotatable bonds is 3. The molecule has 0 saturated heterocycles. The Hall–Kier alpha value is -3.01. The van der Waals surface area contributed by atoms with E-state index in [9.17, 15) is 14.4 Å². The Morgan fingerprint density at radius 1 is 0.923 bits per heavy atom.